The maximum Gasteiger partial charge on any atom is 0.285 e. The Morgan fingerprint density at radius 2 is 1.97 bits per heavy atom. The molecule has 0 fully saturated rings. The molecule has 0 saturated heterocycles. The Balaban J connectivity index is 1.50. The maximum atomic E-state index is 13.6. The fourth-order valence-electron chi connectivity index (χ4n) is 4.24. The number of halogens is 2. The van der Waals surface area contributed by atoms with Gasteiger partial charge in [-0.1, -0.05) is 47.0 Å². The predicted octanol–water partition coefficient (Wildman–Crippen LogP) is 5.52. The summed E-state index contributed by atoms with van der Waals surface area (Å²) in [5.74, 6) is -0.597. The van der Waals surface area contributed by atoms with Crippen LogP contribution in [-0.2, 0) is 6.54 Å². The van der Waals surface area contributed by atoms with Crippen molar-refractivity contribution >= 4 is 34.7 Å². The van der Waals surface area contributed by atoms with Gasteiger partial charge >= 0.3 is 0 Å². The van der Waals surface area contributed by atoms with E-state index in [1.165, 1.54) is 12.4 Å². The first-order chi connectivity index (χ1) is 15.9. The number of rotatable bonds is 5. The summed E-state index contributed by atoms with van der Waals surface area (Å²) in [5.41, 5.74) is 4.31. The summed E-state index contributed by atoms with van der Waals surface area (Å²) in [6, 6.07) is 11.4. The molecule has 2 aromatic heterocycles. The summed E-state index contributed by atoms with van der Waals surface area (Å²) in [6.45, 7) is 4.55. The number of aromatic nitrogens is 4. The minimum Gasteiger partial charge on any atom is -0.412 e. The van der Waals surface area contributed by atoms with E-state index in [1.54, 1.807) is 12.3 Å². The number of aryl methyl sites for hydroxylation is 1. The zero-order chi connectivity index (χ0) is 23.1. The van der Waals surface area contributed by atoms with Crippen LogP contribution in [0.2, 0.25) is 10.0 Å². The van der Waals surface area contributed by atoms with Crippen LogP contribution in [0, 0.1) is 6.92 Å². The van der Waals surface area contributed by atoms with Gasteiger partial charge in [0.05, 0.1) is 12.1 Å². The third-order valence-electron chi connectivity index (χ3n) is 5.86. The van der Waals surface area contributed by atoms with Gasteiger partial charge in [-0.15, -0.1) is 10.2 Å². The van der Waals surface area contributed by atoms with Crippen LogP contribution in [0.5, 0.6) is 0 Å². The average molecular weight is 480 g/mol. The van der Waals surface area contributed by atoms with E-state index in [4.69, 9.17) is 27.6 Å². The van der Waals surface area contributed by atoms with Crippen molar-refractivity contribution in [3.8, 4) is 11.6 Å². The Morgan fingerprint density at radius 1 is 1.12 bits per heavy atom. The number of carbonyl (C=O) groups is 1. The van der Waals surface area contributed by atoms with Gasteiger partial charge in [-0.2, -0.15) is 0 Å². The van der Waals surface area contributed by atoms with Crippen molar-refractivity contribution in [3.63, 3.8) is 0 Å². The first-order valence-corrected chi connectivity index (χ1v) is 11.1. The first-order valence-electron chi connectivity index (χ1n) is 10.4. The van der Waals surface area contributed by atoms with Gasteiger partial charge < -0.3 is 9.32 Å². The molecular formula is C24H19Cl2N5O2. The van der Waals surface area contributed by atoms with Gasteiger partial charge in [0.2, 0.25) is 5.78 Å². The van der Waals surface area contributed by atoms with Crippen LogP contribution in [0.15, 0.2) is 59.4 Å². The molecule has 3 heterocycles. The Kier molecular flexibility index (Phi) is 5.60. The molecule has 7 nitrogen and oxygen atoms in total. The number of hydrogen-bond acceptors (Lipinski definition) is 7. The standard InChI is InChI=1S/C24H19Cl2N5O2/c1-13-3-6-20-17(9-13)21(14(2)31(20)12-15-4-5-16(25)10-18(15)26)22(32)24-30-29-23(33-24)19-11-27-7-8-28-19/h3-11,14,21H,12H2,1-2H3. The molecule has 0 amide bonds. The molecule has 0 aliphatic carbocycles. The molecule has 0 N–H and O–H groups in total. The fraction of sp³-hybridized carbons (Fsp3) is 0.208. The highest BCUT2D eigenvalue weighted by Crippen LogP contribution is 2.44. The predicted molar refractivity (Wildman–Crippen MR) is 126 cm³/mol. The zero-order valence-corrected chi connectivity index (χ0v) is 19.4. The number of benzene rings is 2. The molecule has 2 atom stereocenters. The fourth-order valence-corrected chi connectivity index (χ4v) is 4.70. The molecule has 0 radical (unpaired) electrons. The second kappa shape index (κ2) is 8.57. The Labute approximate surface area is 200 Å². The van der Waals surface area contributed by atoms with Crippen LogP contribution < -0.4 is 4.90 Å². The summed E-state index contributed by atoms with van der Waals surface area (Å²) in [7, 11) is 0. The molecule has 1 aliphatic heterocycles. The molecular weight excluding hydrogens is 461 g/mol. The first kappa shape index (κ1) is 21.6. The molecule has 0 spiro atoms. The summed E-state index contributed by atoms with van der Waals surface area (Å²) >= 11 is 12.5. The van der Waals surface area contributed by atoms with Crippen LogP contribution in [0.1, 0.15) is 40.2 Å². The van der Waals surface area contributed by atoms with Crippen LogP contribution in [0.4, 0.5) is 5.69 Å². The minimum atomic E-state index is -0.471. The molecule has 0 saturated carbocycles. The maximum absolute atomic E-state index is 13.6. The third kappa shape index (κ3) is 3.98. The molecule has 9 heteroatoms. The molecule has 2 aromatic carbocycles. The second-order valence-electron chi connectivity index (χ2n) is 8.01. The molecule has 0 bridgehead atoms. The number of ketones is 1. The number of hydrogen-bond donors (Lipinski definition) is 0. The summed E-state index contributed by atoms with van der Waals surface area (Å²) in [5, 5.41) is 9.18. The molecule has 33 heavy (non-hydrogen) atoms. The van der Waals surface area contributed by atoms with Crippen molar-refractivity contribution < 1.29 is 9.21 Å². The van der Waals surface area contributed by atoms with E-state index in [1.807, 2.05) is 44.2 Å². The van der Waals surface area contributed by atoms with Crippen LogP contribution in [0.25, 0.3) is 11.6 Å². The summed E-state index contributed by atoms with van der Waals surface area (Å²) in [4.78, 5) is 23.9. The largest absolute Gasteiger partial charge is 0.412 e. The highest BCUT2D eigenvalue weighted by atomic mass is 35.5. The van der Waals surface area contributed by atoms with Gasteiger partial charge in [-0.05, 0) is 43.2 Å². The average Bonchev–Trinajstić information content (AvgIpc) is 3.39. The van der Waals surface area contributed by atoms with E-state index in [0.29, 0.717) is 22.3 Å². The van der Waals surface area contributed by atoms with Crippen LogP contribution in [0.3, 0.4) is 0 Å². The number of fused-ring (bicyclic) bond motifs is 1. The van der Waals surface area contributed by atoms with Gasteiger partial charge in [0, 0.05) is 40.7 Å². The van der Waals surface area contributed by atoms with Crippen molar-refractivity contribution in [2.75, 3.05) is 4.90 Å². The quantitative estimate of drug-likeness (QED) is 0.348. The third-order valence-corrected chi connectivity index (χ3v) is 6.44. The van der Waals surface area contributed by atoms with Gasteiger partial charge in [-0.3, -0.25) is 9.78 Å². The van der Waals surface area contributed by atoms with Gasteiger partial charge in [0.15, 0.2) is 0 Å². The highest BCUT2D eigenvalue weighted by Gasteiger charge is 2.42. The van der Waals surface area contributed by atoms with Crippen molar-refractivity contribution in [2.45, 2.75) is 32.4 Å². The van der Waals surface area contributed by atoms with Crippen molar-refractivity contribution in [2.24, 2.45) is 0 Å². The van der Waals surface area contributed by atoms with Crippen molar-refractivity contribution in [3.05, 3.63) is 87.6 Å². The topological polar surface area (TPSA) is 85.0 Å². The van der Waals surface area contributed by atoms with Crippen molar-refractivity contribution in [1.29, 1.82) is 0 Å². The lowest BCUT2D eigenvalue weighted by Gasteiger charge is -2.27. The zero-order valence-electron chi connectivity index (χ0n) is 17.9. The lowest BCUT2D eigenvalue weighted by atomic mass is 9.90. The SMILES string of the molecule is Cc1ccc2c(c1)C(C(=O)c1nnc(-c3cnccn3)o1)C(C)N2Cc1ccc(Cl)cc1Cl. The van der Waals surface area contributed by atoms with E-state index >= 15 is 0 Å². The monoisotopic (exact) mass is 479 g/mol. The van der Waals surface area contributed by atoms with E-state index in [-0.39, 0.29) is 23.6 Å². The Hall–Kier alpha value is -3.29. The van der Waals surface area contributed by atoms with Crippen LogP contribution in [-0.4, -0.2) is 32.0 Å². The molecule has 1 aliphatic rings. The lowest BCUT2D eigenvalue weighted by Crippen LogP contribution is -2.34. The highest BCUT2D eigenvalue weighted by molar-refractivity contribution is 6.35. The molecule has 5 rings (SSSR count). The van der Waals surface area contributed by atoms with Gasteiger partial charge in [-0.25, -0.2) is 4.98 Å². The van der Waals surface area contributed by atoms with Crippen LogP contribution >= 0.6 is 23.2 Å². The normalized spacial score (nSPS) is 17.3. The number of carbonyl (C=O) groups excluding carboxylic acids is 1. The molecule has 2 unspecified atom stereocenters. The molecule has 4 aromatic rings. The van der Waals surface area contributed by atoms with E-state index < -0.39 is 5.92 Å². The Morgan fingerprint density at radius 3 is 2.73 bits per heavy atom. The minimum absolute atomic E-state index is 0.0497. The van der Waals surface area contributed by atoms with E-state index in [2.05, 4.69) is 25.1 Å². The van der Waals surface area contributed by atoms with Gasteiger partial charge in [0.25, 0.3) is 11.8 Å². The Bertz CT molecular complexity index is 1340. The van der Waals surface area contributed by atoms with E-state index in [0.717, 1.165) is 22.4 Å². The summed E-state index contributed by atoms with van der Waals surface area (Å²) in [6.07, 6.45) is 4.59. The number of anilines is 1. The lowest BCUT2D eigenvalue weighted by molar-refractivity contribution is 0.0919. The summed E-state index contributed by atoms with van der Waals surface area (Å²) < 4.78 is 5.69. The van der Waals surface area contributed by atoms with Crippen molar-refractivity contribution in [1.82, 2.24) is 20.2 Å². The number of Topliss-reactive ketones (excluding diaryl/α,β-unsaturated/α-hetero) is 1. The molecule has 166 valence electrons. The number of nitrogens with zero attached hydrogens (tertiary/aromatic N) is 5. The smallest absolute Gasteiger partial charge is 0.285 e. The second-order valence-corrected chi connectivity index (χ2v) is 8.86. The van der Waals surface area contributed by atoms with E-state index in [9.17, 15) is 4.79 Å². The van der Waals surface area contributed by atoms with Gasteiger partial charge in [0.1, 0.15) is 5.69 Å².